The van der Waals surface area contributed by atoms with Crippen LogP contribution in [0.25, 0.3) is 10.6 Å². The van der Waals surface area contributed by atoms with Gasteiger partial charge in [0.05, 0.1) is 5.69 Å². The van der Waals surface area contributed by atoms with Crippen molar-refractivity contribution < 1.29 is 9.18 Å². The number of aromatic nitrogens is 1. The van der Waals surface area contributed by atoms with Crippen molar-refractivity contribution >= 4 is 17.2 Å². The molecule has 2 rings (SSSR count). The van der Waals surface area contributed by atoms with Gasteiger partial charge in [0.25, 0.3) is 0 Å². The molecule has 5 heteroatoms. The third kappa shape index (κ3) is 3.63. The van der Waals surface area contributed by atoms with Gasteiger partial charge in [-0.15, -0.1) is 11.3 Å². The Bertz CT molecular complexity index is 595. The lowest BCUT2D eigenvalue weighted by atomic mass is 10.2. The summed E-state index contributed by atoms with van der Waals surface area (Å²) in [4.78, 5) is 15.8. The van der Waals surface area contributed by atoms with Crippen molar-refractivity contribution in [1.29, 1.82) is 0 Å². The van der Waals surface area contributed by atoms with Gasteiger partial charge in [-0.05, 0) is 12.1 Å². The minimum atomic E-state index is -0.262. The van der Waals surface area contributed by atoms with Gasteiger partial charge >= 0.3 is 0 Å². The summed E-state index contributed by atoms with van der Waals surface area (Å²) in [6, 6.07) is 6.61. The molecular formula is C15H17FN2OS. The molecule has 2 aromatic rings. The summed E-state index contributed by atoms with van der Waals surface area (Å²) in [5.74, 6) is -0.240. The largest absolute Gasteiger partial charge is 0.355 e. The molecule has 1 aromatic carbocycles. The standard InChI is InChI=1S/C15H17FN2OS/c1-10(2)14(19)17-8-7-11-9-20-15(18-11)12-5-3-4-6-13(12)16/h3-6,9-10H,7-8H2,1-2H3,(H,17,19). The molecule has 1 heterocycles. The van der Waals surface area contributed by atoms with Gasteiger partial charge in [0.2, 0.25) is 5.91 Å². The number of rotatable bonds is 5. The molecule has 20 heavy (non-hydrogen) atoms. The number of amides is 1. The third-order valence-electron chi connectivity index (χ3n) is 2.86. The first-order valence-electron chi connectivity index (χ1n) is 6.55. The number of hydrogen-bond donors (Lipinski definition) is 1. The van der Waals surface area contributed by atoms with Crippen molar-refractivity contribution in [2.24, 2.45) is 5.92 Å². The normalized spacial score (nSPS) is 10.8. The first-order chi connectivity index (χ1) is 9.58. The van der Waals surface area contributed by atoms with E-state index in [1.54, 1.807) is 18.2 Å². The lowest BCUT2D eigenvalue weighted by molar-refractivity contribution is -0.123. The Balaban J connectivity index is 1.96. The number of nitrogens with one attached hydrogen (secondary N) is 1. The smallest absolute Gasteiger partial charge is 0.222 e. The highest BCUT2D eigenvalue weighted by Crippen LogP contribution is 2.26. The lowest BCUT2D eigenvalue weighted by Gasteiger charge is -2.05. The van der Waals surface area contributed by atoms with Crippen molar-refractivity contribution in [1.82, 2.24) is 10.3 Å². The van der Waals surface area contributed by atoms with Gasteiger partial charge in [-0.25, -0.2) is 9.37 Å². The third-order valence-corrected chi connectivity index (χ3v) is 3.79. The van der Waals surface area contributed by atoms with E-state index in [1.165, 1.54) is 17.4 Å². The average Bonchev–Trinajstić information content (AvgIpc) is 2.87. The van der Waals surface area contributed by atoms with Crippen molar-refractivity contribution in [3.63, 3.8) is 0 Å². The van der Waals surface area contributed by atoms with Gasteiger partial charge in [0.1, 0.15) is 10.8 Å². The van der Waals surface area contributed by atoms with Gasteiger partial charge in [-0.1, -0.05) is 26.0 Å². The van der Waals surface area contributed by atoms with Crippen LogP contribution >= 0.6 is 11.3 Å². The van der Waals surface area contributed by atoms with Crippen LogP contribution in [0.1, 0.15) is 19.5 Å². The van der Waals surface area contributed by atoms with Crippen LogP contribution in [-0.4, -0.2) is 17.4 Å². The van der Waals surface area contributed by atoms with Crippen molar-refractivity contribution in [2.45, 2.75) is 20.3 Å². The summed E-state index contributed by atoms with van der Waals surface area (Å²) in [6.07, 6.45) is 0.656. The first-order valence-corrected chi connectivity index (χ1v) is 7.43. The molecule has 1 aromatic heterocycles. The Hall–Kier alpha value is -1.75. The summed E-state index contributed by atoms with van der Waals surface area (Å²) >= 11 is 1.42. The maximum atomic E-state index is 13.6. The first kappa shape index (κ1) is 14.7. The highest BCUT2D eigenvalue weighted by Gasteiger charge is 2.10. The predicted octanol–water partition coefficient (Wildman–Crippen LogP) is 3.26. The minimum absolute atomic E-state index is 0.0144. The topological polar surface area (TPSA) is 42.0 Å². The van der Waals surface area contributed by atoms with Crippen LogP contribution < -0.4 is 5.32 Å². The monoisotopic (exact) mass is 292 g/mol. The van der Waals surface area contributed by atoms with Crippen molar-refractivity contribution in [3.05, 3.63) is 41.2 Å². The molecule has 0 bridgehead atoms. The van der Waals surface area contributed by atoms with Crippen LogP contribution in [-0.2, 0) is 11.2 Å². The van der Waals surface area contributed by atoms with Crippen LogP contribution in [0, 0.1) is 11.7 Å². The summed E-state index contributed by atoms with van der Waals surface area (Å²) in [6.45, 7) is 4.26. The molecule has 0 unspecified atom stereocenters. The number of carbonyl (C=O) groups is 1. The molecule has 3 nitrogen and oxygen atoms in total. The number of benzene rings is 1. The fraction of sp³-hybridized carbons (Fsp3) is 0.333. The second kappa shape index (κ2) is 6.61. The number of carbonyl (C=O) groups excluding carboxylic acids is 1. The molecule has 106 valence electrons. The molecule has 0 aliphatic heterocycles. The Labute approximate surface area is 121 Å². The van der Waals surface area contributed by atoms with Gasteiger partial charge in [0, 0.05) is 29.8 Å². The van der Waals surface area contributed by atoms with E-state index < -0.39 is 0 Å². The van der Waals surface area contributed by atoms with Gasteiger partial charge < -0.3 is 5.32 Å². The highest BCUT2D eigenvalue weighted by molar-refractivity contribution is 7.13. The molecule has 0 aliphatic carbocycles. The zero-order chi connectivity index (χ0) is 14.5. The molecule has 0 saturated heterocycles. The Morgan fingerprint density at radius 2 is 2.15 bits per heavy atom. The molecular weight excluding hydrogens is 275 g/mol. The minimum Gasteiger partial charge on any atom is -0.355 e. The fourth-order valence-corrected chi connectivity index (χ4v) is 2.58. The van der Waals surface area contributed by atoms with E-state index in [0.29, 0.717) is 23.5 Å². The summed E-state index contributed by atoms with van der Waals surface area (Å²) < 4.78 is 13.6. The lowest BCUT2D eigenvalue weighted by Crippen LogP contribution is -2.29. The molecule has 0 aliphatic rings. The predicted molar refractivity (Wildman–Crippen MR) is 79.1 cm³/mol. The van der Waals surface area contributed by atoms with Crippen LogP contribution in [0.3, 0.4) is 0 Å². The van der Waals surface area contributed by atoms with Crippen LogP contribution in [0.4, 0.5) is 4.39 Å². The molecule has 0 spiro atoms. The summed E-state index contributed by atoms with van der Waals surface area (Å²) in [5, 5.41) is 5.42. The van der Waals surface area contributed by atoms with Crippen LogP contribution in [0.5, 0.6) is 0 Å². The molecule has 1 amide bonds. The SMILES string of the molecule is CC(C)C(=O)NCCc1csc(-c2ccccc2F)n1. The Morgan fingerprint density at radius 3 is 2.85 bits per heavy atom. The zero-order valence-corrected chi connectivity index (χ0v) is 12.3. The second-order valence-electron chi connectivity index (χ2n) is 4.82. The van der Waals surface area contributed by atoms with Crippen molar-refractivity contribution in [2.75, 3.05) is 6.54 Å². The highest BCUT2D eigenvalue weighted by atomic mass is 32.1. The average molecular weight is 292 g/mol. The van der Waals surface area contributed by atoms with Crippen molar-refractivity contribution in [3.8, 4) is 10.6 Å². The van der Waals surface area contributed by atoms with Gasteiger partial charge in [-0.3, -0.25) is 4.79 Å². The zero-order valence-electron chi connectivity index (χ0n) is 11.5. The summed E-state index contributed by atoms with van der Waals surface area (Å²) in [7, 11) is 0. The van der Waals surface area contributed by atoms with E-state index >= 15 is 0 Å². The van der Waals surface area contributed by atoms with E-state index in [0.717, 1.165) is 5.69 Å². The number of nitrogens with zero attached hydrogens (tertiary/aromatic N) is 1. The van der Waals surface area contributed by atoms with E-state index in [2.05, 4.69) is 10.3 Å². The fourth-order valence-electron chi connectivity index (χ4n) is 1.70. The number of halogens is 1. The quantitative estimate of drug-likeness (QED) is 0.919. The Kier molecular flexibility index (Phi) is 4.84. The van der Waals surface area contributed by atoms with Gasteiger partial charge in [0.15, 0.2) is 0 Å². The van der Waals surface area contributed by atoms with E-state index in [4.69, 9.17) is 0 Å². The molecule has 0 saturated carbocycles. The maximum absolute atomic E-state index is 13.6. The number of thiazole rings is 1. The van der Waals surface area contributed by atoms with E-state index in [-0.39, 0.29) is 17.6 Å². The second-order valence-corrected chi connectivity index (χ2v) is 5.68. The molecule has 0 atom stereocenters. The van der Waals surface area contributed by atoms with E-state index in [9.17, 15) is 9.18 Å². The van der Waals surface area contributed by atoms with Gasteiger partial charge in [-0.2, -0.15) is 0 Å². The maximum Gasteiger partial charge on any atom is 0.222 e. The number of hydrogen-bond acceptors (Lipinski definition) is 3. The van der Waals surface area contributed by atoms with E-state index in [1.807, 2.05) is 19.2 Å². The summed E-state index contributed by atoms with van der Waals surface area (Å²) in [5.41, 5.74) is 1.40. The molecule has 0 fully saturated rings. The van der Waals surface area contributed by atoms with Crippen LogP contribution in [0.15, 0.2) is 29.6 Å². The molecule has 0 radical (unpaired) electrons. The Morgan fingerprint density at radius 1 is 1.40 bits per heavy atom. The van der Waals surface area contributed by atoms with Crippen LogP contribution in [0.2, 0.25) is 0 Å². The molecule has 1 N–H and O–H groups in total.